The topological polar surface area (TPSA) is 38.8 Å². The molecule has 7 heteroatoms. The van der Waals surface area contributed by atoms with Gasteiger partial charge in [-0.2, -0.15) is 13.2 Å². The minimum Gasteiger partial charge on any atom is -0.486 e. The normalized spacial score (nSPS) is 19.2. The predicted molar refractivity (Wildman–Crippen MR) is 91.9 cm³/mol. The van der Waals surface area contributed by atoms with Gasteiger partial charge in [-0.05, 0) is 54.8 Å². The van der Waals surface area contributed by atoms with Gasteiger partial charge >= 0.3 is 6.18 Å². The number of hydrogen-bond donors (Lipinski definition) is 0. The van der Waals surface area contributed by atoms with Crippen molar-refractivity contribution in [1.82, 2.24) is 4.90 Å². The van der Waals surface area contributed by atoms with Crippen molar-refractivity contribution in [2.24, 2.45) is 0 Å². The Hall–Kier alpha value is -2.70. The van der Waals surface area contributed by atoms with Crippen LogP contribution in [0, 0.1) is 0 Å². The van der Waals surface area contributed by atoms with Crippen LogP contribution in [-0.2, 0) is 6.18 Å². The fraction of sp³-hybridized carbons (Fsp3) is 0.350. The molecule has 0 saturated carbocycles. The number of rotatable bonds is 2. The second kappa shape index (κ2) is 6.79. The number of alkyl halides is 3. The molecule has 1 fully saturated rings. The SMILES string of the molecule is O=C(c1ccc(C(F)(F)F)cc1)N1CCC[C@@H]1c1ccc2c(c1)OCCO2. The monoisotopic (exact) mass is 377 g/mol. The smallest absolute Gasteiger partial charge is 0.416 e. The van der Waals surface area contributed by atoms with Crippen LogP contribution in [0.3, 0.4) is 0 Å². The van der Waals surface area contributed by atoms with E-state index in [1.165, 1.54) is 12.1 Å². The molecular weight excluding hydrogens is 359 g/mol. The Balaban J connectivity index is 1.57. The lowest BCUT2D eigenvalue weighted by atomic mass is 10.0. The Labute approximate surface area is 154 Å². The number of nitrogens with zero attached hydrogens (tertiary/aromatic N) is 1. The minimum absolute atomic E-state index is 0.129. The molecule has 0 N–H and O–H groups in total. The van der Waals surface area contributed by atoms with Crippen molar-refractivity contribution >= 4 is 5.91 Å². The highest BCUT2D eigenvalue weighted by Gasteiger charge is 2.33. The average molecular weight is 377 g/mol. The molecule has 2 aliphatic heterocycles. The molecule has 2 aliphatic rings. The molecule has 0 aliphatic carbocycles. The summed E-state index contributed by atoms with van der Waals surface area (Å²) in [5, 5.41) is 0. The third-order valence-corrected chi connectivity index (χ3v) is 4.92. The van der Waals surface area contributed by atoms with E-state index < -0.39 is 11.7 Å². The standard InChI is InChI=1S/C20H18F3NO3/c21-20(22,23)15-6-3-13(4-7-15)19(25)24-9-1-2-16(24)14-5-8-17-18(12-14)27-11-10-26-17/h3-8,12,16H,1-2,9-11H2/t16-/m1/s1. The molecular formula is C20H18F3NO3. The van der Waals surface area contributed by atoms with Crippen LogP contribution in [0.5, 0.6) is 11.5 Å². The number of likely N-dealkylation sites (tertiary alicyclic amines) is 1. The van der Waals surface area contributed by atoms with Gasteiger partial charge in [0.25, 0.3) is 5.91 Å². The van der Waals surface area contributed by atoms with Crippen LogP contribution in [-0.4, -0.2) is 30.6 Å². The van der Waals surface area contributed by atoms with Gasteiger partial charge < -0.3 is 14.4 Å². The highest BCUT2D eigenvalue weighted by Crippen LogP contribution is 2.39. The quantitative estimate of drug-likeness (QED) is 0.776. The van der Waals surface area contributed by atoms with Gasteiger partial charge in [0.05, 0.1) is 11.6 Å². The molecule has 4 rings (SSSR count). The van der Waals surface area contributed by atoms with E-state index in [0.29, 0.717) is 31.3 Å². The maximum absolute atomic E-state index is 12.9. The third kappa shape index (κ3) is 3.46. The van der Waals surface area contributed by atoms with Crippen LogP contribution in [0.15, 0.2) is 42.5 Å². The summed E-state index contributed by atoms with van der Waals surface area (Å²) in [4.78, 5) is 14.6. The van der Waals surface area contributed by atoms with Crippen molar-refractivity contribution in [3.05, 3.63) is 59.2 Å². The molecule has 2 heterocycles. The Kier molecular flexibility index (Phi) is 4.45. The van der Waals surface area contributed by atoms with E-state index >= 15 is 0 Å². The Morgan fingerprint density at radius 3 is 2.41 bits per heavy atom. The van der Waals surface area contributed by atoms with Crippen LogP contribution in [0.1, 0.15) is 40.4 Å². The number of benzene rings is 2. The van der Waals surface area contributed by atoms with Gasteiger partial charge in [-0.3, -0.25) is 4.79 Å². The fourth-order valence-electron chi connectivity index (χ4n) is 3.59. The minimum atomic E-state index is -4.41. The van der Waals surface area contributed by atoms with Gasteiger partial charge in [0.1, 0.15) is 13.2 Å². The molecule has 0 bridgehead atoms. The highest BCUT2D eigenvalue weighted by molar-refractivity contribution is 5.94. The van der Waals surface area contributed by atoms with Gasteiger partial charge in [0, 0.05) is 12.1 Å². The zero-order chi connectivity index (χ0) is 19.0. The zero-order valence-electron chi connectivity index (χ0n) is 14.5. The van der Waals surface area contributed by atoms with E-state index in [4.69, 9.17) is 9.47 Å². The summed E-state index contributed by atoms with van der Waals surface area (Å²) < 4.78 is 49.3. The van der Waals surface area contributed by atoms with E-state index in [1.54, 1.807) is 4.90 Å². The first-order valence-electron chi connectivity index (χ1n) is 8.81. The molecule has 142 valence electrons. The molecule has 0 spiro atoms. The van der Waals surface area contributed by atoms with Crippen LogP contribution in [0.2, 0.25) is 0 Å². The Morgan fingerprint density at radius 1 is 1.00 bits per heavy atom. The molecule has 0 unspecified atom stereocenters. The summed E-state index contributed by atoms with van der Waals surface area (Å²) in [5.41, 5.74) is 0.438. The van der Waals surface area contributed by atoms with Crippen molar-refractivity contribution in [3.8, 4) is 11.5 Å². The van der Waals surface area contributed by atoms with Crippen LogP contribution >= 0.6 is 0 Å². The summed E-state index contributed by atoms with van der Waals surface area (Å²) in [6.07, 6.45) is -2.78. The lowest BCUT2D eigenvalue weighted by molar-refractivity contribution is -0.137. The maximum atomic E-state index is 12.9. The number of fused-ring (bicyclic) bond motifs is 1. The van der Waals surface area contributed by atoms with E-state index in [1.807, 2.05) is 18.2 Å². The molecule has 0 aromatic heterocycles. The van der Waals surface area contributed by atoms with Gasteiger partial charge in [0.15, 0.2) is 11.5 Å². The first-order chi connectivity index (χ1) is 12.9. The number of amides is 1. The van der Waals surface area contributed by atoms with E-state index in [-0.39, 0.29) is 17.5 Å². The summed E-state index contributed by atoms with van der Waals surface area (Å²) in [6.45, 7) is 1.56. The van der Waals surface area contributed by atoms with Crippen LogP contribution < -0.4 is 9.47 Å². The maximum Gasteiger partial charge on any atom is 0.416 e. The second-order valence-corrected chi connectivity index (χ2v) is 6.63. The van der Waals surface area contributed by atoms with Crippen molar-refractivity contribution < 1.29 is 27.4 Å². The van der Waals surface area contributed by atoms with E-state index in [2.05, 4.69) is 0 Å². The highest BCUT2D eigenvalue weighted by atomic mass is 19.4. The molecule has 2 aromatic carbocycles. The van der Waals surface area contributed by atoms with E-state index in [9.17, 15) is 18.0 Å². The van der Waals surface area contributed by atoms with Crippen LogP contribution in [0.4, 0.5) is 13.2 Å². The van der Waals surface area contributed by atoms with Crippen molar-refractivity contribution in [2.75, 3.05) is 19.8 Å². The van der Waals surface area contributed by atoms with Gasteiger partial charge in [0.2, 0.25) is 0 Å². The summed E-state index contributed by atoms with van der Waals surface area (Å²) in [5.74, 6) is 1.08. The first kappa shape index (κ1) is 17.7. The first-order valence-corrected chi connectivity index (χ1v) is 8.81. The molecule has 27 heavy (non-hydrogen) atoms. The molecule has 4 nitrogen and oxygen atoms in total. The largest absolute Gasteiger partial charge is 0.486 e. The van der Waals surface area contributed by atoms with Gasteiger partial charge in [-0.1, -0.05) is 6.07 Å². The molecule has 1 atom stereocenters. The van der Waals surface area contributed by atoms with Crippen molar-refractivity contribution in [1.29, 1.82) is 0 Å². The molecule has 0 radical (unpaired) electrons. The summed E-state index contributed by atoms with van der Waals surface area (Å²) in [6, 6.07) is 9.88. The number of halogens is 3. The molecule has 1 saturated heterocycles. The van der Waals surface area contributed by atoms with Gasteiger partial charge in [-0.25, -0.2) is 0 Å². The third-order valence-electron chi connectivity index (χ3n) is 4.92. The molecule has 2 aromatic rings. The van der Waals surface area contributed by atoms with Crippen molar-refractivity contribution in [3.63, 3.8) is 0 Å². The fourth-order valence-corrected chi connectivity index (χ4v) is 3.59. The number of carbonyl (C=O) groups excluding carboxylic acids is 1. The zero-order valence-corrected chi connectivity index (χ0v) is 14.5. The van der Waals surface area contributed by atoms with E-state index in [0.717, 1.165) is 30.5 Å². The number of carbonyl (C=O) groups is 1. The number of ether oxygens (including phenoxy) is 2. The summed E-state index contributed by atoms with van der Waals surface area (Å²) in [7, 11) is 0. The Bertz CT molecular complexity index is 849. The molecule has 1 amide bonds. The number of hydrogen-bond acceptors (Lipinski definition) is 3. The predicted octanol–water partition coefficient (Wildman–Crippen LogP) is 4.45. The van der Waals surface area contributed by atoms with Crippen LogP contribution in [0.25, 0.3) is 0 Å². The average Bonchev–Trinajstić information content (AvgIpc) is 3.16. The summed E-state index contributed by atoms with van der Waals surface area (Å²) >= 11 is 0. The second-order valence-electron chi connectivity index (χ2n) is 6.63. The van der Waals surface area contributed by atoms with Crippen molar-refractivity contribution in [2.45, 2.75) is 25.1 Å². The lowest BCUT2D eigenvalue weighted by Crippen LogP contribution is -2.30. The lowest BCUT2D eigenvalue weighted by Gasteiger charge is -2.27. The Morgan fingerprint density at radius 2 is 1.70 bits per heavy atom. The van der Waals surface area contributed by atoms with Gasteiger partial charge in [-0.15, -0.1) is 0 Å².